The van der Waals surface area contributed by atoms with E-state index in [9.17, 15) is 13.2 Å². The van der Waals surface area contributed by atoms with E-state index in [4.69, 9.17) is 11.6 Å². The summed E-state index contributed by atoms with van der Waals surface area (Å²) in [6.45, 7) is 0. The number of aromatic nitrogens is 2. The third-order valence-electron chi connectivity index (χ3n) is 5.25. The Bertz CT molecular complexity index is 1150. The minimum atomic E-state index is -3.83. The highest BCUT2D eigenvalue weighted by Gasteiger charge is 2.45. The quantitative estimate of drug-likeness (QED) is 0.601. The molecule has 1 saturated carbocycles. The van der Waals surface area contributed by atoms with Crippen LogP contribution in [0.25, 0.3) is 0 Å². The first-order chi connectivity index (χ1) is 14.4. The second kappa shape index (κ2) is 8.04. The van der Waals surface area contributed by atoms with E-state index in [-0.39, 0.29) is 16.8 Å². The van der Waals surface area contributed by atoms with E-state index >= 15 is 0 Å². The number of nitrogens with one attached hydrogen (secondary N) is 2. The highest BCUT2D eigenvalue weighted by atomic mass is 35.5. The van der Waals surface area contributed by atoms with Crippen LogP contribution in [0.15, 0.2) is 71.9 Å². The van der Waals surface area contributed by atoms with Crippen molar-refractivity contribution in [3.8, 4) is 0 Å². The summed E-state index contributed by atoms with van der Waals surface area (Å²) < 4.78 is 27.3. The molecule has 0 atom stereocenters. The Morgan fingerprint density at radius 3 is 2.17 bits per heavy atom. The van der Waals surface area contributed by atoms with Crippen LogP contribution in [0.3, 0.4) is 0 Å². The number of amides is 1. The van der Waals surface area contributed by atoms with E-state index < -0.39 is 15.4 Å². The Labute approximate surface area is 179 Å². The van der Waals surface area contributed by atoms with Crippen LogP contribution in [0.2, 0.25) is 5.02 Å². The number of hydrogen-bond donors (Lipinski definition) is 2. The first-order valence-corrected chi connectivity index (χ1v) is 11.2. The topological polar surface area (TPSA) is 101 Å². The standard InChI is InChI=1S/C21H19ClN4O3S/c22-16-5-3-15(4-6-16)21(11-1-12-21)19(27)25-17-7-9-18(10-8-17)30(28,29)26-20-23-13-2-14-24-20/h2-10,13-14H,1,11-12H2,(H,25,27)(H,23,24,26). The number of benzene rings is 2. The maximum absolute atomic E-state index is 13.0. The first kappa shape index (κ1) is 20.3. The second-order valence-electron chi connectivity index (χ2n) is 7.10. The van der Waals surface area contributed by atoms with Crippen molar-refractivity contribution in [1.82, 2.24) is 9.97 Å². The zero-order valence-corrected chi connectivity index (χ0v) is 17.4. The van der Waals surface area contributed by atoms with Crippen LogP contribution in [0, 0.1) is 0 Å². The fourth-order valence-electron chi connectivity index (χ4n) is 3.45. The van der Waals surface area contributed by atoms with Crippen molar-refractivity contribution in [2.75, 3.05) is 10.0 Å². The largest absolute Gasteiger partial charge is 0.325 e. The van der Waals surface area contributed by atoms with Crippen LogP contribution in [-0.2, 0) is 20.2 Å². The molecule has 0 unspecified atom stereocenters. The molecule has 0 spiro atoms. The molecular weight excluding hydrogens is 424 g/mol. The molecule has 2 aromatic carbocycles. The van der Waals surface area contributed by atoms with Gasteiger partial charge in [-0.3, -0.25) is 4.79 Å². The molecule has 4 rings (SSSR count). The third-order valence-corrected chi connectivity index (χ3v) is 6.85. The maximum Gasteiger partial charge on any atom is 0.264 e. The van der Waals surface area contributed by atoms with Crippen molar-refractivity contribution in [3.05, 3.63) is 77.6 Å². The third kappa shape index (κ3) is 4.01. The van der Waals surface area contributed by atoms with Gasteiger partial charge in [-0.05, 0) is 60.9 Å². The highest BCUT2D eigenvalue weighted by Crippen LogP contribution is 2.44. The summed E-state index contributed by atoms with van der Waals surface area (Å²) in [6.07, 6.45) is 5.38. The summed E-state index contributed by atoms with van der Waals surface area (Å²) in [5, 5.41) is 3.54. The fourth-order valence-corrected chi connectivity index (χ4v) is 4.53. The number of hydrogen-bond acceptors (Lipinski definition) is 5. The number of carbonyl (C=O) groups is 1. The van der Waals surface area contributed by atoms with Gasteiger partial charge in [-0.25, -0.2) is 23.1 Å². The van der Waals surface area contributed by atoms with Gasteiger partial charge in [-0.15, -0.1) is 0 Å². The van der Waals surface area contributed by atoms with Gasteiger partial charge in [0.2, 0.25) is 11.9 Å². The number of halogens is 1. The summed E-state index contributed by atoms with van der Waals surface area (Å²) in [6, 6.07) is 14.9. The van der Waals surface area contributed by atoms with Crippen molar-refractivity contribution >= 4 is 39.2 Å². The Morgan fingerprint density at radius 2 is 1.60 bits per heavy atom. The Morgan fingerprint density at radius 1 is 0.967 bits per heavy atom. The SMILES string of the molecule is O=C(Nc1ccc(S(=O)(=O)Nc2ncccn2)cc1)C1(c2ccc(Cl)cc2)CCC1. The minimum absolute atomic E-state index is 0.00947. The van der Waals surface area contributed by atoms with Gasteiger partial charge < -0.3 is 5.32 Å². The van der Waals surface area contributed by atoms with Gasteiger partial charge in [-0.2, -0.15) is 0 Å². The van der Waals surface area contributed by atoms with Crippen LogP contribution in [0.4, 0.5) is 11.6 Å². The van der Waals surface area contributed by atoms with Crippen LogP contribution < -0.4 is 10.0 Å². The zero-order valence-electron chi connectivity index (χ0n) is 15.9. The Hall–Kier alpha value is -2.97. The summed E-state index contributed by atoms with van der Waals surface area (Å²) in [7, 11) is -3.83. The molecule has 1 aliphatic rings. The molecule has 2 N–H and O–H groups in total. The van der Waals surface area contributed by atoms with Crippen molar-refractivity contribution in [2.45, 2.75) is 29.6 Å². The summed E-state index contributed by atoms with van der Waals surface area (Å²) in [5.74, 6) is -0.118. The molecule has 0 bridgehead atoms. The lowest BCUT2D eigenvalue weighted by molar-refractivity contribution is -0.124. The molecular formula is C21H19ClN4O3S. The first-order valence-electron chi connectivity index (χ1n) is 9.36. The molecule has 1 aromatic heterocycles. The van der Waals surface area contributed by atoms with Crippen molar-refractivity contribution < 1.29 is 13.2 Å². The molecule has 0 saturated heterocycles. The van der Waals surface area contributed by atoms with E-state index in [0.29, 0.717) is 10.7 Å². The number of nitrogens with zero attached hydrogens (tertiary/aromatic N) is 2. The predicted molar refractivity (Wildman–Crippen MR) is 115 cm³/mol. The molecule has 7 nitrogen and oxygen atoms in total. The summed E-state index contributed by atoms with van der Waals surface area (Å²) in [4.78, 5) is 20.8. The average Bonchev–Trinajstić information content (AvgIpc) is 2.69. The van der Waals surface area contributed by atoms with Crippen molar-refractivity contribution in [3.63, 3.8) is 0 Å². The van der Waals surface area contributed by atoms with Gasteiger partial charge in [0.05, 0.1) is 10.3 Å². The average molecular weight is 443 g/mol. The number of rotatable bonds is 6. The minimum Gasteiger partial charge on any atom is -0.325 e. The number of sulfonamides is 1. The molecule has 3 aromatic rings. The van der Waals surface area contributed by atoms with E-state index in [1.54, 1.807) is 30.3 Å². The molecule has 1 fully saturated rings. The molecule has 30 heavy (non-hydrogen) atoms. The van der Waals surface area contributed by atoms with Gasteiger partial charge >= 0.3 is 0 Å². The van der Waals surface area contributed by atoms with E-state index in [0.717, 1.165) is 24.8 Å². The van der Waals surface area contributed by atoms with E-state index in [1.807, 2.05) is 12.1 Å². The molecule has 1 amide bonds. The smallest absolute Gasteiger partial charge is 0.264 e. The molecule has 9 heteroatoms. The molecule has 1 aliphatic carbocycles. The highest BCUT2D eigenvalue weighted by molar-refractivity contribution is 7.92. The van der Waals surface area contributed by atoms with Gasteiger partial charge in [0.25, 0.3) is 10.0 Å². The maximum atomic E-state index is 13.0. The summed E-state index contributed by atoms with van der Waals surface area (Å²) >= 11 is 5.97. The van der Waals surface area contributed by atoms with Gasteiger partial charge in [-0.1, -0.05) is 30.2 Å². The monoisotopic (exact) mass is 442 g/mol. The lowest BCUT2D eigenvalue weighted by Gasteiger charge is -2.40. The van der Waals surface area contributed by atoms with Gasteiger partial charge in [0.1, 0.15) is 0 Å². The Balaban J connectivity index is 1.49. The molecule has 0 radical (unpaired) electrons. The van der Waals surface area contributed by atoms with Crippen LogP contribution >= 0.6 is 11.6 Å². The van der Waals surface area contributed by atoms with Gasteiger partial charge in [0, 0.05) is 23.1 Å². The number of carbonyl (C=O) groups excluding carboxylic acids is 1. The van der Waals surface area contributed by atoms with Gasteiger partial charge in [0.15, 0.2) is 0 Å². The normalized spacial score (nSPS) is 15.1. The molecule has 1 heterocycles. The molecule has 154 valence electrons. The Kier molecular flexibility index (Phi) is 5.44. The van der Waals surface area contributed by atoms with Crippen molar-refractivity contribution in [2.24, 2.45) is 0 Å². The summed E-state index contributed by atoms with van der Waals surface area (Å²) in [5.41, 5.74) is 0.874. The van der Waals surface area contributed by atoms with Crippen LogP contribution in [0.1, 0.15) is 24.8 Å². The van der Waals surface area contributed by atoms with Crippen LogP contribution in [0.5, 0.6) is 0 Å². The molecule has 0 aliphatic heterocycles. The van der Waals surface area contributed by atoms with E-state index in [1.165, 1.54) is 24.5 Å². The zero-order chi connectivity index (χ0) is 21.2. The van der Waals surface area contributed by atoms with Crippen molar-refractivity contribution in [1.29, 1.82) is 0 Å². The van der Waals surface area contributed by atoms with E-state index in [2.05, 4.69) is 20.0 Å². The predicted octanol–water partition coefficient (Wildman–Crippen LogP) is 3.99. The fraction of sp³-hybridized carbons (Fsp3) is 0.190. The lowest BCUT2D eigenvalue weighted by atomic mass is 9.64. The lowest BCUT2D eigenvalue weighted by Crippen LogP contribution is -2.46. The number of anilines is 2. The van der Waals surface area contributed by atoms with Crippen LogP contribution in [-0.4, -0.2) is 24.3 Å². The second-order valence-corrected chi connectivity index (χ2v) is 9.22.